The SMILES string of the molecule is Cc1cc(=O)c(C(=O)NCC2(C(=O)O)CCC2)c[nH]1. The van der Waals surface area contributed by atoms with Gasteiger partial charge in [0.25, 0.3) is 5.91 Å². The molecule has 0 spiro atoms. The van der Waals surface area contributed by atoms with Crippen molar-refractivity contribution in [2.45, 2.75) is 26.2 Å². The fourth-order valence-electron chi connectivity index (χ4n) is 2.17. The highest BCUT2D eigenvalue weighted by Crippen LogP contribution is 2.40. The Kier molecular flexibility index (Phi) is 3.42. The van der Waals surface area contributed by atoms with E-state index in [2.05, 4.69) is 10.3 Å². The molecule has 1 aromatic heterocycles. The quantitative estimate of drug-likeness (QED) is 0.744. The number of amides is 1. The second-order valence-corrected chi connectivity index (χ2v) is 5.02. The summed E-state index contributed by atoms with van der Waals surface area (Å²) in [5.41, 5.74) is -0.549. The largest absolute Gasteiger partial charge is 0.481 e. The summed E-state index contributed by atoms with van der Waals surface area (Å²) >= 11 is 0. The highest BCUT2D eigenvalue weighted by Gasteiger charge is 2.44. The molecule has 3 N–H and O–H groups in total. The van der Waals surface area contributed by atoms with Crippen LogP contribution >= 0.6 is 0 Å². The predicted molar refractivity (Wildman–Crippen MR) is 68.1 cm³/mol. The number of carboxylic acids is 1. The van der Waals surface area contributed by atoms with Gasteiger partial charge >= 0.3 is 5.97 Å². The minimum absolute atomic E-state index is 0.00506. The number of rotatable bonds is 4. The van der Waals surface area contributed by atoms with Gasteiger partial charge in [-0.1, -0.05) is 6.42 Å². The van der Waals surface area contributed by atoms with Crippen molar-refractivity contribution in [1.29, 1.82) is 0 Å². The van der Waals surface area contributed by atoms with E-state index in [4.69, 9.17) is 5.11 Å². The van der Waals surface area contributed by atoms with Gasteiger partial charge in [-0.15, -0.1) is 0 Å². The average Bonchev–Trinajstić information content (AvgIpc) is 2.26. The first-order valence-electron chi connectivity index (χ1n) is 6.15. The van der Waals surface area contributed by atoms with Crippen LogP contribution in [0.5, 0.6) is 0 Å². The van der Waals surface area contributed by atoms with E-state index in [9.17, 15) is 14.4 Å². The number of carbonyl (C=O) groups is 2. The lowest BCUT2D eigenvalue weighted by Gasteiger charge is -2.37. The van der Waals surface area contributed by atoms with Gasteiger partial charge in [-0.05, 0) is 19.8 Å². The number of H-pyrrole nitrogens is 1. The summed E-state index contributed by atoms with van der Waals surface area (Å²) in [4.78, 5) is 37.4. The molecule has 0 atom stereocenters. The molecule has 6 heteroatoms. The van der Waals surface area contributed by atoms with Crippen LogP contribution in [0.4, 0.5) is 0 Å². The maximum atomic E-state index is 11.9. The third kappa shape index (κ3) is 2.52. The van der Waals surface area contributed by atoms with Crippen molar-refractivity contribution < 1.29 is 14.7 Å². The summed E-state index contributed by atoms with van der Waals surface area (Å²) in [7, 11) is 0. The molecule has 0 bridgehead atoms. The number of pyridine rings is 1. The van der Waals surface area contributed by atoms with Crippen molar-refractivity contribution in [3.05, 3.63) is 33.7 Å². The van der Waals surface area contributed by atoms with Gasteiger partial charge < -0.3 is 15.4 Å². The lowest BCUT2D eigenvalue weighted by atomic mass is 9.69. The fraction of sp³-hybridized carbons (Fsp3) is 0.462. The van der Waals surface area contributed by atoms with Gasteiger partial charge in [-0.25, -0.2) is 0 Å². The number of hydrogen-bond acceptors (Lipinski definition) is 3. The van der Waals surface area contributed by atoms with Gasteiger partial charge in [0.1, 0.15) is 5.56 Å². The van der Waals surface area contributed by atoms with Gasteiger partial charge in [0.2, 0.25) is 0 Å². The third-order valence-corrected chi connectivity index (χ3v) is 3.65. The van der Waals surface area contributed by atoms with Crippen molar-refractivity contribution in [3.8, 4) is 0 Å². The molecule has 0 saturated heterocycles. The van der Waals surface area contributed by atoms with Crippen LogP contribution < -0.4 is 10.7 Å². The van der Waals surface area contributed by atoms with E-state index in [0.717, 1.165) is 6.42 Å². The number of carboxylic acid groups (broad SMARTS) is 1. The van der Waals surface area contributed by atoms with Crippen molar-refractivity contribution in [2.75, 3.05) is 6.54 Å². The number of nitrogens with one attached hydrogen (secondary N) is 2. The number of hydrogen-bond donors (Lipinski definition) is 3. The van der Waals surface area contributed by atoms with E-state index in [-0.39, 0.29) is 17.5 Å². The first kappa shape index (κ1) is 13.3. The molecule has 0 radical (unpaired) electrons. The summed E-state index contributed by atoms with van der Waals surface area (Å²) < 4.78 is 0. The maximum absolute atomic E-state index is 11.9. The van der Waals surface area contributed by atoms with Gasteiger partial charge in [0, 0.05) is 24.5 Å². The molecule has 1 saturated carbocycles. The maximum Gasteiger partial charge on any atom is 0.311 e. The van der Waals surface area contributed by atoms with E-state index >= 15 is 0 Å². The second kappa shape index (κ2) is 4.87. The van der Waals surface area contributed by atoms with Gasteiger partial charge in [-0.3, -0.25) is 14.4 Å². The van der Waals surface area contributed by atoms with Crippen LogP contribution in [0.3, 0.4) is 0 Å². The summed E-state index contributed by atoms with van der Waals surface area (Å²) in [6.45, 7) is 1.78. The fourth-order valence-corrected chi connectivity index (χ4v) is 2.17. The first-order valence-corrected chi connectivity index (χ1v) is 6.15. The second-order valence-electron chi connectivity index (χ2n) is 5.02. The zero-order valence-corrected chi connectivity index (χ0v) is 10.7. The number of aromatic nitrogens is 1. The Hall–Kier alpha value is -2.11. The summed E-state index contributed by atoms with van der Waals surface area (Å²) in [5, 5.41) is 11.7. The van der Waals surface area contributed by atoms with Crippen molar-refractivity contribution >= 4 is 11.9 Å². The Morgan fingerprint density at radius 2 is 2.16 bits per heavy atom. The van der Waals surface area contributed by atoms with Gasteiger partial charge in [0.05, 0.1) is 5.41 Å². The van der Waals surface area contributed by atoms with E-state index in [0.29, 0.717) is 18.5 Å². The molecule has 0 aliphatic heterocycles. The predicted octanol–water partition coefficient (Wildman–Crippen LogP) is 0.668. The van der Waals surface area contributed by atoms with E-state index < -0.39 is 17.3 Å². The molecule has 1 aliphatic rings. The van der Waals surface area contributed by atoms with Crippen molar-refractivity contribution in [2.24, 2.45) is 5.41 Å². The molecule has 1 aromatic rings. The van der Waals surface area contributed by atoms with Crippen LogP contribution in [0.25, 0.3) is 0 Å². The molecule has 1 fully saturated rings. The Balaban J connectivity index is 2.06. The number of aromatic amines is 1. The van der Waals surface area contributed by atoms with Gasteiger partial charge in [-0.2, -0.15) is 0 Å². The normalized spacial score (nSPS) is 16.5. The minimum atomic E-state index is -0.892. The monoisotopic (exact) mass is 264 g/mol. The van der Waals surface area contributed by atoms with Crippen molar-refractivity contribution in [3.63, 3.8) is 0 Å². The lowest BCUT2D eigenvalue weighted by Crippen LogP contribution is -2.48. The number of aryl methyl sites for hydroxylation is 1. The molecule has 6 nitrogen and oxygen atoms in total. The molecule has 0 unspecified atom stereocenters. The highest BCUT2D eigenvalue weighted by molar-refractivity contribution is 5.94. The zero-order chi connectivity index (χ0) is 14.0. The molecule has 1 amide bonds. The van der Waals surface area contributed by atoms with E-state index in [1.165, 1.54) is 12.3 Å². The van der Waals surface area contributed by atoms with Crippen LogP contribution in [0.15, 0.2) is 17.1 Å². The Labute approximate surface area is 109 Å². The van der Waals surface area contributed by atoms with Crippen LogP contribution in [0.2, 0.25) is 0 Å². The lowest BCUT2D eigenvalue weighted by molar-refractivity contribution is -0.153. The van der Waals surface area contributed by atoms with Crippen molar-refractivity contribution in [1.82, 2.24) is 10.3 Å². The average molecular weight is 264 g/mol. The highest BCUT2D eigenvalue weighted by atomic mass is 16.4. The number of carbonyl (C=O) groups excluding carboxylic acids is 1. The van der Waals surface area contributed by atoms with Crippen LogP contribution in [0.1, 0.15) is 35.3 Å². The molecule has 19 heavy (non-hydrogen) atoms. The standard InChI is InChI=1S/C13H16N2O4/c1-8-5-10(16)9(6-14-8)11(17)15-7-13(12(18)19)3-2-4-13/h5-6H,2-4,7H2,1H3,(H,14,16)(H,15,17)(H,18,19). The minimum Gasteiger partial charge on any atom is -0.481 e. The van der Waals surface area contributed by atoms with E-state index in [1.54, 1.807) is 6.92 Å². The third-order valence-electron chi connectivity index (χ3n) is 3.65. The molecule has 1 heterocycles. The molecule has 102 valence electrons. The Morgan fingerprint density at radius 3 is 2.63 bits per heavy atom. The number of aliphatic carboxylic acids is 1. The first-order chi connectivity index (χ1) is 8.94. The topological polar surface area (TPSA) is 99.3 Å². The Bertz CT molecular complexity index is 572. The Morgan fingerprint density at radius 1 is 1.47 bits per heavy atom. The smallest absolute Gasteiger partial charge is 0.311 e. The molecular weight excluding hydrogens is 248 g/mol. The summed E-state index contributed by atoms with van der Waals surface area (Å²) in [6.07, 6.45) is 3.33. The van der Waals surface area contributed by atoms with Gasteiger partial charge in [0.15, 0.2) is 5.43 Å². The molecular formula is C13H16N2O4. The molecule has 1 aliphatic carbocycles. The van der Waals surface area contributed by atoms with E-state index in [1.807, 2.05) is 0 Å². The molecule has 0 aromatic carbocycles. The summed E-state index contributed by atoms with van der Waals surface area (Å²) in [5.74, 6) is -1.43. The molecule has 2 rings (SSSR count). The van der Waals surface area contributed by atoms with Crippen LogP contribution in [-0.2, 0) is 4.79 Å². The van der Waals surface area contributed by atoms with Crippen LogP contribution in [0, 0.1) is 12.3 Å². The summed E-state index contributed by atoms with van der Waals surface area (Å²) in [6, 6.07) is 1.34. The zero-order valence-electron chi connectivity index (χ0n) is 10.7. The van der Waals surface area contributed by atoms with Crippen LogP contribution in [-0.4, -0.2) is 28.5 Å².